The summed E-state index contributed by atoms with van der Waals surface area (Å²) in [4.78, 5) is 25.6. The highest BCUT2D eigenvalue weighted by Gasteiger charge is 2.17. The van der Waals surface area contributed by atoms with Crippen molar-refractivity contribution in [1.29, 1.82) is 0 Å². The van der Waals surface area contributed by atoms with E-state index in [0.717, 1.165) is 32.4 Å². The number of nitrogens with zero attached hydrogens (tertiary/aromatic N) is 1. The van der Waals surface area contributed by atoms with Crippen molar-refractivity contribution in [3.8, 4) is 11.5 Å². The molecule has 0 saturated carbocycles. The van der Waals surface area contributed by atoms with Gasteiger partial charge < -0.3 is 19.7 Å². The SMILES string of the molecule is CCCOc1c(Cl)cc(/C=C/C(=O)NCC(=O)N2CCCC2)cc1OC. The highest BCUT2D eigenvalue weighted by atomic mass is 35.5. The summed E-state index contributed by atoms with van der Waals surface area (Å²) in [5.74, 6) is 0.620. The van der Waals surface area contributed by atoms with Gasteiger partial charge in [-0.25, -0.2) is 0 Å². The number of methoxy groups -OCH3 is 1. The zero-order chi connectivity index (χ0) is 18.9. The molecule has 1 saturated heterocycles. The maximum atomic E-state index is 11.9. The van der Waals surface area contributed by atoms with Crippen molar-refractivity contribution in [3.63, 3.8) is 0 Å². The van der Waals surface area contributed by atoms with Crippen LogP contribution in [-0.4, -0.2) is 50.1 Å². The van der Waals surface area contributed by atoms with E-state index >= 15 is 0 Å². The Morgan fingerprint density at radius 2 is 2.04 bits per heavy atom. The molecule has 0 radical (unpaired) electrons. The van der Waals surface area contributed by atoms with Gasteiger partial charge in [-0.3, -0.25) is 9.59 Å². The quantitative estimate of drug-likeness (QED) is 0.704. The molecule has 1 aliphatic heterocycles. The van der Waals surface area contributed by atoms with Crippen LogP contribution in [0.25, 0.3) is 6.08 Å². The number of carbonyl (C=O) groups is 2. The second-order valence-electron chi connectivity index (χ2n) is 6.02. The van der Waals surface area contributed by atoms with E-state index in [1.165, 1.54) is 13.2 Å². The molecule has 1 heterocycles. The first-order chi connectivity index (χ1) is 12.5. The lowest BCUT2D eigenvalue weighted by atomic mass is 10.2. The maximum absolute atomic E-state index is 11.9. The first-order valence-electron chi connectivity index (χ1n) is 8.79. The van der Waals surface area contributed by atoms with Crippen LogP contribution in [0, 0.1) is 0 Å². The largest absolute Gasteiger partial charge is 0.493 e. The van der Waals surface area contributed by atoms with Gasteiger partial charge in [0.15, 0.2) is 11.5 Å². The monoisotopic (exact) mass is 380 g/mol. The van der Waals surface area contributed by atoms with Crippen LogP contribution >= 0.6 is 11.6 Å². The predicted octanol–water partition coefficient (Wildman–Crippen LogP) is 2.89. The zero-order valence-electron chi connectivity index (χ0n) is 15.2. The number of rotatable bonds is 8. The fourth-order valence-electron chi connectivity index (χ4n) is 2.65. The lowest BCUT2D eigenvalue weighted by molar-refractivity contribution is -0.131. The zero-order valence-corrected chi connectivity index (χ0v) is 16.0. The molecule has 0 spiro atoms. The normalized spacial score (nSPS) is 13.9. The number of ether oxygens (including phenoxy) is 2. The highest BCUT2D eigenvalue weighted by molar-refractivity contribution is 6.32. The standard InChI is InChI=1S/C19H25ClN2O4/c1-3-10-26-19-15(20)11-14(12-16(19)25-2)6-7-17(23)21-13-18(24)22-8-4-5-9-22/h6-7,11-12H,3-5,8-10,13H2,1-2H3,(H,21,23)/b7-6+. The van der Waals surface area contributed by atoms with Crippen molar-refractivity contribution in [3.05, 3.63) is 28.8 Å². The van der Waals surface area contributed by atoms with E-state index in [2.05, 4.69) is 5.32 Å². The Kier molecular flexibility index (Phi) is 7.78. The molecule has 2 amide bonds. The van der Waals surface area contributed by atoms with Crippen LogP contribution in [0.5, 0.6) is 11.5 Å². The van der Waals surface area contributed by atoms with Crippen LogP contribution in [0.1, 0.15) is 31.7 Å². The first-order valence-corrected chi connectivity index (χ1v) is 9.17. The molecule has 1 aromatic rings. The summed E-state index contributed by atoms with van der Waals surface area (Å²) in [6.07, 6.45) is 5.90. The highest BCUT2D eigenvalue weighted by Crippen LogP contribution is 2.36. The number of halogens is 1. The first kappa shape index (κ1) is 20.1. The maximum Gasteiger partial charge on any atom is 0.244 e. The van der Waals surface area contributed by atoms with Crippen LogP contribution in [0.4, 0.5) is 0 Å². The van der Waals surface area contributed by atoms with Crippen molar-refractivity contribution >= 4 is 29.5 Å². The molecule has 0 bridgehead atoms. The summed E-state index contributed by atoms with van der Waals surface area (Å²) >= 11 is 6.25. The van der Waals surface area contributed by atoms with Gasteiger partial charge in [0.25, 0.3) is 0 Å². The van der Waals surface area contributed by atoms with Gasteiger partial charge in [0, 0.05) is 19.2 Å². The number of likely N-dealkylation sites (tertiary alicyclic amines) is 1. The van der Waals surface area contributed by atoms with Crippen LogP contribution < -0.4 is 14.8 Å². The molecule has 0 aromatic heterocycles. The van der Waals surface area contributed by atoms with Crippen LogP contribution in [0.3, 0.4) is 0 Å². The molecule has 142 valence electrons. The third kappa shape index (κ3) is 5.66. The van der Waals surface area contributed by atoms with E-state index in [1.54, 1.807) is 23.1 Å². The minimum Gasteiger partial charge on any atom is -0.493 e. The molecule has 0 unspecified atom stereocenters. The van der Waals surface area contributed by atoms with Crippen molar-refractivity contribution < 1.29 is 19.1 Å². The smallest absolute Gasteiger partial charge is 0.244 e. The third-order valence-electron chi connectivity index (χ3n) is 4.00. The van der Waals surface area contributed by atoms with Gasteiger partial charge in [-0.15, -0.1) is 0 Å². The lowest BCUT2D eigenvalue weighted by Gasteiger charge is -2.14. The van der Waals surface area contributed by atoms with E-state index in [0.29, 0.717) is 28.7 Å². The second-order valence-corrected chi connectivity index (χ2v) is 6.43. The summed E-state index contributed by atoms with van der Waals surface area (Å²) in [6, 6.07) is 3.45. The number of carbonyl (C=O) groups excluding carboxylic acids is 2. The average molecular weight is 381 g/mol. The molecule has 1 fully saturated rings. The Morgan fingerprint density at radius 1 is 1.31 bits per heavy atom. The van der Waals surface area contributed by atoms with Gasteiger partial charge in [-0.1, -0.05) is 18.5 Å². The molecular weight excluding hydrogens is 356 g/mol. The fourth-order valence-corrected chi connectivity index (χ4v) is 2.93. The molecule has 0 aliphatic carbocycles. The van der Waals surface area contributed by atoms with Gasteiger partial charge in [0.05, 0.1) is 25.3 Å². The van der Waals surface area contributed by atoms with E-state index in [-0.39, 0.29) is 18.4 Å². The fraction of sp³-hybridized carbons (Fsp3) is 0.474. The van der Waals surface area contributed by atoms with Gasteiger partial charge in [-0.05, 0) is 43.0 Å². The average Bonchev–Trinajstić information content (AvgIpc) is 3.17. The lowest BCUT2D eigenvalue weighted by Crippen LogP contribution is -2.38. The Balaban J connectivity index is 1.94. The molecule has 26 heavy (non-hydrogen) atoms. The van der Waals surface area contributed by atoms with Crippen molar-refractivity contribution in [2.45, 2.75) is 26.2 Å². The van der Waals surface area contributed by atoms with Crippen molar-refractivity contribution in [1.82, 2.24) is 10.2 Å². The van der Waals surface area contributed by atoms with Gasteiger partial charge in [-0.2, -0.15) is 0 Å². The van der Waals surface area contributed by atoms with Gasteiger partial charge >= 0.3 is 0 Å². The van der Waals surface area contributed by atoms with Crippen molar-refractivity contribution in [2.24, 2.45) is 0 Å². The predicted molar refractivity (Wildman–Crippen MR) is 102 cm³/mol. The van der Waals surface area contributed by atoms with Gasteiger partial charge in [0.1, 0.15) is 0 Å². The number of hydrogen-bond donors (Lipinski definition) is 1. The molecular formula is C19H25ClN2O4. The summed E-state index contributed by atoms with van der Waals surface area (Å²) < 4.78 is 10.9. The number of hydrogen-bond acceptors (Lipinski definition) is 4. The topological polar surface area (TPSA) is 67.9 Å². The molecule has 6 nitrogen and oxygen atoms in total. The van der Waals surface area contributed by atoms with Crippen molar-refractivity contribution in [2.75, 3.05) is 33.4 Å². The molecule has 0 atom stereocenters. The summed E-state index contributed by atoms with van der Waals surface area (Å²) in [6.45, 7) is 4.10. The molecule has 1 aromatic carbocycles. The Labute approximate surface area is 159 Å². The number of amides is 2. The van der Waals surface area contributed by atoms with E-state index in [4.69, 9.17) is 21.1 Å². The van der Waals surface area contributed by atoms with E-state index in [1.807, 2.05) is 6.92 Å². The number of nitrogens with one attached hydrogen (secondary N) is 1. The summed E-state index contributed by atoms with van der Waals surface area (Å²) in [5, 5.41) is 3.02. The Morgan fingerprint density at radius 3 is 2.69 bits per heavy atom. The van der Waals surface area contributed by atoms with Crippen LogP contribution in [-0.2, 0) is 9.59 Å². The van der Waals surface area contributed by atoms with Crippen LogP contribution in [0.2, 0.25) is 5.02 Å². The second kappa shape index (κ2) is 10.1. The molecule has 2 rings (SSSR count). The summed E-state index contributed by atoms with van der Waals surface area (Å²) in [7, 11) is 1.54. The Hall–Kier alpha value is -2.21. The van der Waals surface area contributed by atoms with Gasteiger partial charge in [0.2, 0.25) is 11.8 Å². The van der Waals surface area contributed by atoms with Crippen LogP contribution in [0.15, 0.2) is 18.2 Å². The molecule has 1 aliphatic rings. The summed E-state index contributed by atoms with van der Waals surface area (Å²) in [5.41, 5.74) is 0.705. The Bertz CT molecular complexity index is 670. The molecule has 7 heteroatoms. The minimum atomic E-state index is -0.334. The number of benzene rings is 1. The minimum absolute atomic E-state index is 0.0110. The van der Waals surface area contributed by atoms with E-state index in [9.17, 15) is 9.59 Å². The third-order valence-corrected chi connectivity index (χ3v) is 4.28. The molecule has 1 N–H and O–H groups in total. The van der Waals surface area contributed by atoms with E-state index < -0.39 is 0 Å².